The zero-order valence-corrected chi connectivity index (χ0v) is 9.21. The Bertz CT molecular complexity index is 525. The molecule has 0 unspecified atom stereocenters. The molecular weight excluding hydrogens is 206 g/mol. The van der Waals surface area contributed by atoms with Gasteiger partial charge in [0.15, 0.2) is 5.78 Å². The van der Waals surface area contributed by atoms with E-state index < -0.39 is 0 Å². The molecule has 16 heavy (non-hydrogen) atoms. The van der Waals surface area contributed by atoms with Gasteiger partial charge in [-0.05, 0) is 5.56 Å². The Kier molecular flexibility index (Phi) is 2.47. The monoisotopic (exact) mass is 219 g/mol. The van der Waals surface area contributed by atoms with Crippen molar-refractivity contribution in [1.82, 2.24) is 19.6 Å². The van der Waals surface area contributed by atoms with Gasteiger partial charge in [-0.25, -0.2) is 0 Å². The number of hydrogen-bond acceptors (Lipinski definition) is 4. The summed E-state index contributed by atoms with van der Waals surface area (Å²) in [6.45, 7) is 0. The lowest BCUT2D eigenvalue weighted by Crippen LogP contribution is -2.07. The normalized spacial score (nSPS) is 10.6. The Morgan fingerprint density at radius 1 is 1.38 bits per heavy atom. The average molecular weight is 219 g/mol. The quantitative estimate of drug-likeness (QED) is 0.746. The third-order valence-corrected chi connectivity index (χ3v) is 2.41. The van der Waals surface area contributed by atoms with Gasteiger partial charge in [0.05, 0.1) is 18.0 Å². The first-order valence-electron chi connectivity index (χ1n) is 4.86. The van der Waals surface area contributed by atoms with Gasteiger partial charge >= 0.3 is 0 Å². The Hall–Kier alpha value is -2.11. The minimum absolute atomic E-state index is 0.0430. The number of aromatic nitrogens is 4. The highest BCUT2D eigenvalue weighted by atomic mass is 16.1. The minimum atomic E-state index is -0.0430. The van der Waals surface area contributed by atoms with E-state index in [9.17, 15) is 4.79 Å². The number of nitrogens with two attached hydrogens (primary N) is 1. The molecule has 0 saturated carbocycles. The number of nitrogen functional groups attached to an aromatic ring is 1. The van der Waals surface area contributed by atoms with Gasteiger partial charge in [0, 0.05) is 26.7 Å². The van der Waals surface area contributed by atoms with E-state index in [1.165, 1.54) is 10.9 Å². The Labute approximate surface area is 92.7 Å². The molecule has 0 saturated heterocycles. The Morgan fingerprint density at radius 2 is 2.12 bits per heavy atom. The van der Waals surface area contributed by atoms with Crippen LogP contribution < -0.4 is 5.73 Å². The lowest BCUT2D eigenvalue weighted by molar-refractivity contribution is 0.0994. The molecule has 2 aromatic heterocycles. The van der Waals surface area contributed by atoms with Gasteiger partial charge in [-0.15, -0.1) is 0 Å². The maximum Gasteiger partial charge on any atom is 0.172 e. The molecule has 0 spiro atoms. The van der Waals surface area contributed by atoms with E-state index in [4.69, 9.17) is 5.73 Å². The lowest BCUT2D eigenvalue weighted by Gasteiger charge is -1.98. The molecule has 2 aromatic rings. The first kappa shape index (κ1) is 10.4. The highest BCUT2D eigenvalue weighted by molar-refractivity contribution is 6.01. The largest absolute Gasteiger partial charge is 0.383 e. The number of Topliss-reactive ketones (excluding diaryl/α,β-unsaturated/α-hetero) is 1. The van der Waals surface area contributed by atoms with Crippen molar-refractivity contribution in [3.05, 3.63) is 29.7 Å². The number of nitrogens with zero attached hydrogens (tertiary/aromatic N) is 4. The van der Waals surface area contributed by atoms with Crippen LogP contribution in [0.2, 0.25) is 0 Å². The number of anilines is 1. The second kappa shape index (κ2) is 3.80. The van der Waals surface area contributed by atoms with Crippen LogP contribution in [-0.4, -0.2) is 25.3 Å². The van der Waals surface area contributed by atoms with Crippen LogP contribution in [0.15, 0.2) is 18.6 Å². The van der Waals surface area contributed by atoms with Gasteiger partial charge in [0.2, 0.25) is 0 Å². The second-order valence-corrected chi connectivity index (χ2v) is 3.69. The Morgan fingerprint density at radius 3 is 2.62 bits per heavy atom. The van der Waals surface area contributed by atoms with Crippen molar-refractivity contribution in [2.24, 2.45) is 14.1 Å². The van der Waals surface area contributed by atoms with Gasteiger partial charge in [0.25, 0.3) is 0 Å². The maximum atomic E-state index is 11.9. The van der Waals surface area contributed by atoms with E-state index in [1.807, 2.05) is 13.2 Å². The van der Waals surface area contributed by atoms with Crippen LogP contribution in [0.5, 0.6) is 0 Å². The van der Waals surface area contributed by atoms with Crippen molar-refractivity contribution >= 4 is 11.6 Å². The number of hydrogen-bond donors (Lipinski definition) is 1. The SMILES string of the molecule is Cn1cc(CC(=O)c2cnn(C)c2N)cn1. The zero-order valence-electron chi connectivity index (χ0n) is 9.21. The summed E-state index contributed by atoms with van der Waals surface area (Å²) >= 11 is 0. The molecule has 84 valence electrons. The molecule has 2 rings (SSSR count). The van der Waals surface area contributed by atoms with Crippen LogP contribution in [0.4, 0.5) is 5.82 Å². The van der Waals surface area contributed by atoms with Gasteiger partial charge < -0.3 is 5.73 Å². The third-order valence-electron chi connectivity index (χ3n) is 2.41. The second-order valence-electron chi connectivity index (χ2n) is 3.69. The molecule has 0 aliphatic carbocycles. The van der Waals surface area contributed by atoms with Crippen LogP contribution in [0.25, 0.3) is 0 Å². The van der Waals surface area contributed by atoms with Crippen LogP contribution in [0.3, 0.4) is 0 Å². The topological polar surface area (TPSA) is 78.7 Å². The number of rotatable bonds is 3. The number of carbonyl (C=O) groups excluding carboxylic acids is 1. The van der Waals surface area contributed by atoms with E-state index in [1.54, 1.807) is 17.9 Å². The standard InChI is InChI=1S/C10H13N5O/c1-14-6-7(4-12-14)3-9(16)8-5-13-15(2)10(8)11/h4-6H,3,11H2,1-2H3. The van der Waals surface area contributed by atoms with E-state index in [0.29, 0.717) is 17.8 Å². The van der Waals surface area contributed by atoms with Gasteiger partial charge in [0.1, 0.15) is 5.82 Å². The Balaban J connectivity index is 2.18. The van der Waals surface area contributed by atoms with E-state index in [-0.39, 0.29) is 5.78 Å². The average Bonchev–Trinajstić information content (AvgIpc) is 2.76. The molecule has 0 radical (unpaired) electrons. The molecule has 6 nitrogen and oxygen atoms in total. The minimum Gasteiger partial charge on any atom is -0.383 e. The summed E-state index contributed by atoms with van der Waals surface area (Å²) in [6, 6.07) is 0. The molecule has 0 atom stereocenters. The molecule has 0 aliphatic heterocycles. The fourth-order valence-corrected chi connectivity index (χ4v) is 1.51. The van der Waals surface area contributed by atoms with Crippen molar-refractivity contribution in [3.8, 4) is 0 Å². The van der Waals surface area contributed by atoms with Crippen LogP contribution in [0.1, 0.15) is 15.9 Å². The molecule has 0 amide bonds. The van der Waals surface area contributed by atoms with Gasteiger partial charge in [-0.1, -0.05) is 0 Å². The summed E-state index contributed by atoms with van der Waals surface area (Å²) < 4.78 is 3.14. The van der Waals surface area contributed by atoms with E-state index in [2.05, 4.69) is 10.2 Å². The predicted molar refractivity (Wildman–Crippen MR) is 58.9 cm³/mol. The third kappa shape index (κ3) is 1.81. The zero-order chi connectivity index (χ0) is 11.7. The number of ketones is 1. The lowest BCUT2D eigenvalue weighted by atomic mass is 10.1. The molecular formula is C10H13N5O. The summed E-state index contributed by atoms with van der Waals surface area (Å²) in [7, 11) is 3.52. The first-order valence-corrected chi connectivity index (χ1v) is 4.86. The van der Waals surface area contributed by atoms with Crippen molar-refractivity contribution in [2.75, 3.05) is 5.73 Å². The molecule has 0 bridgehead atoms. The number of aryl methyl sites for hydroxylation is 2. The van der Waals surface area contributed by atoms with Crippen LogP contribution in [0, 0.1) is 0 Å². The first-order chi connectivity index (χ1) is 7.58. The van der Waals surface area contributed by atoms with Crippen LogP contribution in [-0.2, 0) is 20.5 Å². The van der Waals surface area contributed by atoms with Crippen molar-refractivity contribution in [3.63, 3.8) is 0 Å². The summed E-state index contributed by atoms with van der Waals surface area (Å²) in [5, 5.41) is 7.94. The smallest absolute Gasteiger partial charge is 0.172 e. The maximum absolute atomic E-state index is 11.9. The molecule has 0 aliphatic rings. The fraction of sp³-hybridized carbons (Fsp3) is 0.300. The number of carbonyl (C=O) groups is 1. The van der Waals surface area contributed by atoms with Crippen molar-refractivity contribution in [2.45, 2.75) is 6.42 Å². The summed E-state index contributed by atoms with van der Waals surface area (Å²) in [6.07, 6.45) is 5.27. The molecule has 6 heteroatoms. The molecule has 2 N–H and O–H groups in total. The van der Waals surface area contributed by atoms with E-state index in [0.717, 1.165) is 5.56 Å². The van der Waals surface area contributed by atoms with Gasteiger partial charge in [-0.3, -0.25) is 14.2 Å². The van der Waals surface area contributed by atoms with E-state index >= 15 is 0 Å². The summed E-state index contributed by atoms with van der Waals surface area (Å²) in [4.78, 5) is 11.9. The summed E-state index contributed by atoms with van der Waals surface area (Å²) in [5.41, 5.74) is 7.06. The van der Waals surface area contributed by atoms with Crippen molar-refractivity contribution < 1.29 is 4.79 Å². The van der Waals surface area contributed by atoms with Crippen LogP contribution >= 0.6 is 0 Å². The molecule has 0 aromatic carbocycles. The summed E-state index contributed by atoms with van der Waals surface area (Å²) in [5.74, 6) is 0.354. The molecule has 0 fully saturated rings. The highest BCUT2D eigenvalue weighted by Gasteiger charge is 2.14. The van der Waals surface area contributed by atoms with Crippen molar-refractivity contribution in [1.29, 1.82) is 0 Å². The highest BCUT2D eigenvalue weighted by Crippen LogP contribution is 2.12. The molecule has 2 heterocycles. The predicted octanol–water partition coefficient (Wildman–Crippen LogP) is 0.161. The fourth-order valence-electron chi connectivity index (χ4n) is 1.51. The van der Waals surface area contributed by atoms with Gasteiger partial charge in [-0.2, -0.15) is 10.2 Å².